The minimum atomic E-state index is -0.768. The zero-order chi connectivity index (χ0) is 28.2. The molecule has 1 atom stereocenters. The van der Waals surface area contributed by atoms with Gasteiger partial charge in [0.25, 0.3) is 11.8 Å². The Hall–Kier alpha value is -4.73. The molecular weight excluding hydrogens is 502 g/mol. The second-order valence-corrected chi connectivity index (χ2v) is 10.1. The number of alkyl carbamates (subject to hydrolysis) is 1. The number of hydrogen-bond acceptors (Lipinski definition) is 7. The molecule has 1 unspecified atom stereocenters. The maximum Gasteiger partial charge on any atom is 0.407 e. The Morgan fingerprint density at radius 1 is 0.949 bits per heavy atom. The summed E-state index contributed by atoms with van der Waals surface area (Å²) in [5, 5.41) is 14.4. The van der Waals surface area contributed by atoms with Gasteiger partial charge < -0.3 is 14.8 Å². The Bertz CT molecular complexity index is 1360. The zero-order valence-corrected chi connectivity index (χ0v) is 21.9. The van der Waals surface area contributed by atoms with Crippen LogP contribution >= 0.6 is 0 Å². The molecule has 4 rings (SSSR count). The van der Waals surface area contributed by atoms with Crippen LogP contribution in [0.1, 0.15) is 52.6 Å². The Balaban J connectivity index is 1.58. The average molecular weight is 532 g/mol. The van der Waals surface area contributed by atoms with Gasteiger partial charge in [0.1, 0.15) is 12.2 Å². The van der Waals surface area contributed by atoms with Crippen LogP contribution in [0.4, 0.5) is 10.5 Å². The largest absolute Gasteiger partial charge is 0.482 e. The molecule has 0 fully saturated rings. The third kappa shape index (κ3) is 6.78. The first kappa shape index (κ1) is 27.3. The summed E-state index contributed by atoms with van der Waals surface area (Å²) in [6.07, 6.45) is -0.571. The lowest BCUT2D eigenvalue weighted by molar-refractivity contribution is -0.386. The van der Waals surface area contributed by atoms with Crippen LogP contribution < -0.4 is 10.1 Å². The third-order valence-electron chi connectivity index (χ3n) is 5.94. The van der Waals surface area contributed by atoms with Crippen LogP contribution in [0.5, 0.6) is 5.75 Å². The summed E-state index contributed by atoms with van der Waals surface area (Å²) in [7, 11) is 0. The van der Waals surface area contributed by atoms with Crippen molar-refractivity contribution in [3.05, 3.63) is 105 Å². The van der Waals surface area contributed by atoms with Gasteiger partial charge in [0, 0.05) is 6.07 Å². The summed E-state index contributed by atoms with van der Waals surface area (Å²) in [4.78, 5) is 50.8. The van der Waals surface area contributed by atoms with Gasteiger partial charge in [0.05, 0.1) is 28.6 Å². The van der Waals surface area contributed by atoms with Crippen molar-refractivity contribution in [3.63, 3.8) is 0 Å². The maximum absolute atomic E-state index is 13.0. The lowest BCUT2D eigenvalue weighted by atomic mass is 10.0. The van der Waals surface area contributed by atoms with Crippen molar-refractivity contribution < 1.29 is 28.8 Å². The predicted octanol–water partition coefficient (Wildman–Crippen LogP) is 4.91. The number of carbonyl (C=O) groups excluding carboxylic acids is 3. The minimum absolute atomic E-state index is 0.0677. The number of nitrogens with one attached hydrogen (secondary N) is 1. The number of carbonyl (C=O) groups is 3. The molecule has 10 heteroatoms. The van der Waals surface area contributed by atoms with Gasteiger partial charge in [-0.1, -0.05) is 48.5 Å². The molecule has 39 heavy (non-hydrogen) atoms. The van der Waals surface area contributed by atoms with E-state index in [1.807, 2.05) is 30.3 Å². The molecule has 0 saturated heterocycles. The number of ether oxygens (including phenoxy) is 2. The highest BCUT2D eigenvalue weighted by Gasteiger charge is 2.37. The molecule has 0 saturated carbocycles. The predicted molar refractivity (Wildman–Crippen MR) is 143 cm³/mol. The second kappa shape index (κ2) is 11.3. The fourth-order valence-corrected chi connectivity index (χ4v) is 4.23. The SMILES string of the molecule is CC(C)(C)OC(=O)NC(Cc1ccc([N+](=O)[O-])c(OCc2ccccc2)c1)CN1C(=O)c2ccccc2C1=O. The number of nitro benzene ring substituents is 1. The van der Waals surface area contributed by atoms with Crippen molar-refractivity contribution >= 4 is 23.6 Å². The lowest BCUT2D eigenvalue weighted by Gasteiger charge is -2.26. The van der Waals surface area contributed by atoms with Crippen LogP contribution in [-0.4, -0.2) is 45.9 Å². The van der Waals surface area contributed by atoms with Gasteiger partial charge in [0.15, 0.2) is 5.75 Å². The Morgan fingerprint density at radius 2 is 1.56 bits per heavy atom. The molecule has 0 aromatic heterocycles. The number of fused-ring (bicyclic) bond motifs is 1. The standard InChI is InChI=1S/C29H29N3O7/c1-29(2,3)39-28(35)30-21(17-31-26(33)22-11-7-8-12-23(22)27(31)34)15-20-13-14-24(32(36)37)25(16-20)38-18-19-9-5-4-6-10-19/h4-14,16,21H,15,17-18H2,1-3H3,(H,30,35). The smallest absolute Gasteiger partial charge is 0.407 e. The van der Waals surface area contributed by atoms with Crippen LogP contribution in [0.2, 0.25) is 0 Å². The first-order chi connectivity index (χ1) is 18.5. The van der Waals surface area contributed by atoms with Gasteiger partial charge in [0.2, 0.25) is 0 Å². The Labute approximate surface area is 225 Å². The van der Waals surface area contributed by atoms with E-state index in [1.165, 1.54) is 12.1 Å². The van der Waals surface area contributed by atoms with Crippen molar-refractivity contribution in [2.24, 2.45) is 0 Å². The van der Waals surface area contributed by atoms with Crippen LogP contribution in [0.3, 0.4) is 0 Å². The average Bonchev–Trinajstić information content (AvgIpc) is 3.12. The van der Waals surface area contributed by atoms with E-state index >= 15 is 0 Å². The molecule has 1 N–H and O–H groups in total. The highest BCUT2D eigenvalue weighted by molar-refractivity contribution is 6.21. The van der Waals surface area contributed by atoms with Crippen molar-refractivity contribution in [3.8, 4) is 5.75 Å². The molecule has 3 aromatic rings. The molecule has 1 aliphatic heterocycles. The van der Waals surface area contributed by atoms with Gasteiger partial charge in [-0.05, 0) is 56.5 Å². The molecule has 10 nitrogen and oxygen atoms in total. The Morgan fingerprint density at radius 3 is 2.15 bits per heavy atom. The summed E-state index contributed by atoms with van der Waals surface area (Å²) < 4.78 is 11.2. The number of nitrogens with zero attached hydrogens (tertiary/aromatic N) is 2. The third-order valence-corrected chi connectivity index (χ3v) is 5.94. The van der Waals surface area contributed by atoms with E-state index in [1.54, 1.807) is 51.1 Å². The van der Waals surface area contributed by atoms with Crippen molar-refractivity contribution in [2.75, 3.05) is 6.54 Å². The van der Waals surface area contributed by atoms with Crippen LogP contribution in [0.25, 0.3) is 0 Å². The minimum Gasteiger partial charge on any atom is -0.482 e. The molecule has 1 aliphatic rings. The fourth-order valence-electron chi connectivity index (χ4n) is 4.23. The van der Waals surface area contributed by atoms with Crippen LogP contribution in [0, 0.1) is 10.1 Å². The van der Waals surface area contributed by atoms with Gasteiger partial charge in [-0.2, -0.15) is 0 Å². The molecule has 3 aromatic carbocycles. The first-order valence-corrected chi connectivity index (χ1v) is 12.4. The van der Waals surface area contributed by atoms with Crippen molar-refractivity contribution in [2.45, 2.75) is 45.4 Å². The summed E-state index contributed by atoms with van der Waals surface area (Å²) in [6.45, 7) is 5.16. The van der Waals surface area contributed by atoms with E-state index in [0.717, 1.165) is 10.5 Å². The number of imide groups is 1. The fraction of sp³-hybridized carbons (Fsp3) is 0.276. The zero-order valence-electron chi connectivity index (χ0n) is 21.9. The summed E-state index contributed by atoms with van der Waals surface area (Å²) in [6, 6.07) is 19.4. The Kier molecular flexibility index (Phi) is 7.94. The van der Waals surface area contributed by atoms with Crippen LogP contribution in [-0.2, 0) is 17.8 Å². The van der Waals surface area contributed by atoms with E-state index in [9.17, 15) is 24.5 Å². The van der Waals surface area contributed by atoms with Gasteiger partial charge in [-0.15, -0.1) is 0 Å². The molecule has 202 valence electrons. The molecule has 3 amide bonds. The normalized spacial score (nSPS) is 13.6. The van der Waals surface area contributed by atoms with E-state index in [0.29, 0.717) is 16.7 Å². The number of rotatable bonds is 9. The van der Waals surface area contributed by atoms with E-state index < -0.39 is 34.5 Å². The molecule has 0 bridgehead atoms. The van der Waals surface area contributed by atoms with E-state index in [2.05, 4.69) is 5.32 Å². The number of benzene rings is 3. The van der Waals surface area contributed by atoms with E-state index in [-0.39, 0.29) is 31.0 Å². The van der Waals surface area contributed by atoms with E-state index in [4.69, 9.17) is 9.47 Å². The molecular formula is C29H29N3O7. The number of amides is 3. The highest BCUT2D eigenvalue weighted by atomic mass is 16.6. The number of hydrogen-bond donors (Lipinski definition) is 1. The second-order valence-electron chi connectivity index (χ2n) is 10.1. The van der Waals surface area contributed by atoms with Gasteiger partial charge in [-0.3, -0.25) is 24.6 Å². The summed E-state index contributed by atoms with van der Waals surface area (Å²) in [5.74, 6) is -0.845. The topological polar surface area (TPSA) is 128 Å². The number of nitro groups is 1. The molecule has 0 radical (unpaired) electrons. The highest BCUT2D eigenvalue weighted by Crippen LogP contribution is 2.30. The van der Waals surface area contributed by atoms with Gasteiger partial charge in [-0.25, -0.2) is 4.79 Å². The summed E-state index contributed by atoms with van der Waals surface area (Å²) >= 11 is 0. The lowest BCUT2D eigenvalue weighted by Crippen LogP contribution is -2.48. The monoisotopic (exact) mass is 531 g/mol. The molecule has 0 spiro atoms. The van der Waals surface area contributed by atoms with Crippen molar-refractivity contribution in [1.82, 2.24) is 10.2 Å². The van der Waals surface area contributed by atoms with Crippen molar-refractivity contribution in [1.29, 1.82) is 0 Å². The summed E-state index contributed by atoms with van der Waals surface area (Å²) in [5.41, 5.74) is 1.06. The van der Waals surface area contributed by atoms with Crippen LogP contribution in [0.15, 0.2) is 72.8 Å². The maximum atomic E-state index is 13.0. The first-order valence-electron chi connectivity index (χ1n) is 12.4. The molecule has 1 heterocycles. The molecule has 0 aliphatic carbocycles. The quantitative estimate of drug-likeness (QED) is 0.236. The van der Waals surface area contributed by atoms with Gasteiger partial charge >= 0.3 is 11.8 Å².